The van der Waals surface area contributed by atoms with E-state index in [1.54, 1.807) is 0 Å². The van der Waals surface area contributed by atoms with Crippen LogP contribution in [0.15, 0.2) is 14.5 Å². The summed E-state index contributed by atoms with van der Waals surface area (Å²) >= 11 is 0. The average Bonchev–Trinajstić information content (AvgIpc) is 2.87. The molecule has 3 unspecified atom stereocenters. The number of sulfonamides is 1. The summed E-state index contributed by atoms with van der Waals surface area (Å²) in [5.74, 6) is 0.972. The third-order valence-electron chi connectivity index (χ3n) is 4.39. The lowest BCUT2D eigenvalue weighted by molar-refractivity contribution is 0.390. The van der Waals surface area contributed by atoms with Gasteiger partial charge < -0.3 is 4.98 Å². The molecule has 110 valence electrons. The van der Waals surface area contributed by atoms with E-state index in [4.69, 9.17) is 0 Å². The molecule has 2 bridgehead atoms. The maximum absolute atomic E-state index is 12.4. The van der Waals surface area contributed by atoms with Gasteiger partial charge in [-0.3, -0.25) is 9.78 Å². The maximum Gasteiger partial charge on any atom is 0.325 e. The molecule has 0 radical (unpaired) electrons. The molecule has 3 rings (SSSR count). The van der Waals surface area contributed by atoms with Crippen LogP contribution in [-0.4, -0.2) is 24.4 Å². The highest BCUT2D eigenvalue weighted by Crippen LogP contribution is 2.44. The van der Waals surface area contributed by atoms with E-state index in [-0.39, 0.29) is 16.6 Å². The molecule has 1 aromatic rings. The van der Waals surface area contributed by atoms with Crippen LogP contribution in [0.25, 0.3) is 0 Å². The lowest BCUT2D eigenvalue weighted by Crippen LogP contribution is -2.42. The largest absolute Gasteiger partial charge is 0.325 e. The zero-order valence-corrected chi connectivity index (χ0v) is 11.9. The van der Waals surface area contributed by atoms with E-state index in [9.17, 15) is 18.0 Å². The zero-order valence-electron chi connectivity index (χ0n) is 11.1. The van der Waals surface area contributed by atoms with Crippen molar-refractivity contribution < 1.29 is 8.42 Å². The molecule has 8 heteroatoms. The second kappa shape index (κ2) is 4.56. The van der Waals surface area contributed by atoms with Gasteiger partial charge in [-0.2, -0.15) is 0 Å². The number of rotatable bonds is 3. The minimum Gasteiger partial charge on any atom is -0.310 e. The molecule has 2 saturated carbocycles. The topological polar surface area (TPSA) is 112 Å². The summed E-state index contributed by atoms with van der Waals surface area (Å²) in [7, 11) is -3.91. The Hall–Kier alpha value is -1.41. The molecule has 7 nitrogen and oxygen atoms in total. The van der Waals surface area contributed by atoms with Crippen molar-refractivity contribution in [2.75, 3.05) is 0 Å². The lowest BCUT2D eigenvalue weighted by Gasteiger charge is -2.22. The molecule has 3 atom stereocenters. The van der Waals surface area contributed by atoms with Gasteiger partial charge >= 0.3 is 5.69 Å². The number of hydrogen-bond donors (Lipinski definition) is 3. The van der Waals surface area contributed by atoms with Crippen molar-refractivity contribution in [1.82, 2.24) is 14.7 Å². The molecule has 20 heavy (non-hydrogen) atoms. The third kappa shape index (κ3) is 2.22. The quantitative estimate of drug-likeness (QED) is 0.720. The summed E-state index contributed by atoms with van der Waals surface area (Å²) < 4.78 is 27.4. The summed E-state index contributed by atoms with van der Waals surface area (Å²) in [4.78, 5) is 26.7. The van der Waals surface area contributed by atoms with Crippen LogP contribution in [0.5, 0.6) is 0 Å². The Bertz CT molecular complexity index is 749. The van der Waals surface area contributed by atoms with Gasteiger partial charge in [-0.25, -0.2) is 17.9 Å². The first-order valence-corrected chi connectivity index (χ1v) is 8.20. The van der Waals surface area contributed by atoms with E-state index in [2.05, 4.69) is 9.71 Å². The Morgan fingerprint density at radius 3 is 2.45 bits per heavy atom. The number of aromatic nitrogens is 2. The van der Waals surface area contributed by atoms with E-state index in [1.807, 2.05) is 4.98 Å². The number of fused-ring (bicyclic) bond motifs is 2. The molecule has 2 aliphatic rings. The average molecular weight is 299 g/mol. The van der Waals surface area contributed by atoms with Gasteiger partial charge in [0.2, 0.25) is 10.0 Å². The van der Waals surface area contributed by atoms with Crippen molar-refractivity contribution in [3.05, 3.63) is 26.5 Å². The van der Waals surface area contributed by atoms with Crippen molar-refractivity contribution >= 4 is 10.0 Å². The van der Waals surface area contributed by atoms with Crippen molar-refractivity contribution in [3.8, 4) is 0 Å². The molecular weight excluding hydrogens is 282 g/mol. The molecule has 2 aliphatic carbocycles. The van der Waals surface area contributed by atoms with Gasteiger partial charge in [0.1, 0.15) is 0 Å². The molecular formula is C12H17N3O4S. The van der Waals surface area contributed by atoms with Crippen LogP contribution in [0.2, 0.25) is 0 Å². The van der Waals surface area contributed by atoms with Crippen LogP contribution in [0.3, 0.4) is 0 Å². The van der Waals surface area contributed by atoms with Crippen molar-refractivity contribution in [3.63, 3.8) is 0 Å². The van der Waals surface area contributed by atoms with Crippen molar-refractivity contribution in [2.45, 2.75) is 43.5 Å². The first-order chi connectivity index (χ1) is 9.37. The van der Waals surface area contributed by atoms with E-state index >= 15 is 0 Å². The van der Waals surface area contributed by atoms with Crippen molar-refractivity contribution in [1.29, 1.82) is 0 Å². The van der Waals surface area contributed by atoms with Crippen LogP contribution in [0.4, 0.5) is 0 Å². The van der Waals surface area contributed by atoms with E-state index in [0.29, 0.717) is 11.8 Å². The minimum absolute atomic E-state index is 0.0643. The van der Waals surface area contributed by atoms with Crippen LogP contribution >= 0.6 is 0 Å². The summed E-state index contributed by atoms with van der Waals surface area (Å²) in [5, 5.41) is 0. The summed E-state index contributed by atoms with van der Waals surface area (Å²) in [5.41, 5.74) is -1.51. The Balaban J connectivity index is 1.93. The maximum atomic E-state index is 12.4. The number of aromatic amines is 2. The van der Waals surface area contributed by atoms with Gasteiger partial charge in [-0.05, 0) is 38.0 Å². The molecule has 1 heterocycles. The van der Waals surface area contributed by atoms with Gasteiger partial charge in [0, 0.05) is 11.7 Å². The second-order valence-electron chi connectivity index (χ2n) is 5.77. The van der Waals surface area contributed by atoms with Gasteiger partial charge in [-0.15, -0.1) is 0 Å². The molecule has 0 amide bonds. The minimum atomic E-state index is -3.91. The van der Waals surface area contributed by atoms with Crippen LogP contribution in [0.1, 0.15) is 31.4 Å². The first kappa shape index (κ1) is 13.6. The molecule has 2 fully saturated rings. The predicted octanol–water partition coefficient (Wildman–Crippen LogP) is -0.161. The van der Waals surface area contributed by atoms with Crippen LogP contribution in [0, 0.1) is 18.8 Å². The zero-order chi connectivity index (χ0) is 14.5. The Morgan fingerprint density at radius 2 is 1.90 bits per heavy atom. The Morgan fingerprint density at radius 1 is 1.15 bits per heavy atom. The number of H-pyrrole nitrogens is 2. The Labute approximate surface area is 115 Å². The van der Waals surface area contributed by atoms with Gasteiger partial charge in [0.25, 0.3) is 5.56 Å². The smallest absolute Gasteiger partial charge is 0.310 e. The number of nitrogens with one attached hydrogen (secondary N) is 3. The molecule has 0 aromatic carbocycles. The standard InChI is InChI=1S/C12H17N3O4S/c1-6-10(11(16)14-12(17)13-6)20(18,19)15-9-5-7-2-3-8(9)4-7/h7-9,15H,2-5H2,1H3,(H2,13,14,16,17). The Kier molecular flexibility index (Phi) is 3.09. The summed E-state index contributed by atoms with van der Waals surface area (Å²) in [6, 6.07) is -0.0931. The van der Waals surface area contributed by atoms with Crippen LogP contribution < -0.4 is 16.0 Å². The van der Waals surface area contributed by atoms with Gasteiger partial charge in [0.15, 0.2) is 4.90 Å². The van der Waals surface area contributed by atoms with Gasteiger partial charge in [0.05, 0.1) is 0 Å². The monoisotopic (exact) mass is 299 g/mol. The second-order valence-corrected chi connectivity index (χ2v) is 7.42. The normalized spacial score (nSPS) is 28.9. The van der Waals surface area contributed by atoms with E-state index in [0.717, 1.165) is 19.3 Å². The van der Waals surface area contributed by atoms with E-state index < -0.39 is 21.3 Å². The highest BCUT2D eigenvalue weighted by Gasteiger charge is 2.41. The van der Waals surface area contributed by atoms with Crippen molar-refractivity contribution in [2.24, 2.45) is 11.8 Å². The number of hydrogen-bond acceptors (Lipinski definition) is 4. The first-order valence-electron chi connectivity index (χ1n) is 6.72. The van der Waals surface area contributed by atoms with E-state index in [1.165, 1.54) is 13.3 Å². The molecule has 1 aromatic heterocycles. The SMILES string of the molecule is Cc1[nH]c(=O)[nH]c(=O)c1S(=O)(=O)NC1CC2CCC1C2. The molecule has 0 spiro atoms. The molecule has 3 N–H and O–H groups in total. The van der Waals surface area contributed by atoms with Crippen LogP contribution in [-0.2, 0) is 10.0 Å². The number of aryl methyl sites for hydroxylation is 1. The fourth-order valence-corrected chi connectivity index (χ4v) is 5.11. The fourth-order valence-electron chi connectivity index (χ4n) is 3.56. The predicted molar refractivity (Wildman–Crippen MR) is 72.0 cm³/mol. The molecule has 0 aliphatic heterocycles. The summed E-state index contributed by atoms with van der Waals surface area (Å²) in [6.45, 7) is 1.41. The molecule has 0 saturated heterocycles. The summed E-state index contributed by atoms with van der Waals surface area (Å²) in [6.07, 6.45) is 4.11. The third-order valence-corrected chi connectivity index (χ3v) is 6.03. The lowest BCUT2D eigenvalue weighted by atomic mass is 9.96. The fraction of sp³-hybridized carbons (Fsp3) is 0.667. The highest BCUT2D eigenvalue weighted by atomic mass is 32.2. The van der Waals surface area contributed by atoms with Gasteiger partial charge in [-0.1, -0.05) is 6.42 Å². The highest BCUT2D eigenvalue weighted by molar-refractivity contribution is 7.89.